The molecule has 1 rings (SSSR count). The number of alkyl halides is 3. The van der Waals surface area contributed by atoms with Gasteiger partial charge in [-0.05, 0) is 17.2 Å². The van der Waals surface area contributed by atoms with Crippen molar-refractivity contribution in [3.05, 3.63) is 33.4 Å². The predicted molar refractivity (Wildman–Crippen MR) is 65.0 cm³/mol. The Morgan fingerprint density at radius 2 is 2.10 bits per heavy atom. The normalized spacial score (nSPS) is 10.4. The highest BCUT2D eigenvalue weighted by Gasteiger charge is 2.22. The van der Waals surface area contributed by atoms with Gasteiger partial charge in [-0.2, -0.15) is 8.78 Å². The van der Waals surface area contributed by atoms with Gasteiger partial charge in [0.25, 0.3) is 0 Å². The molecule has 0 atom stereocenters. The second-order valence-corrected chi connectivity index (χ2v) is 3.88. The molecule has 0 aliphatic rings. The third-order valence-corrected chi connectivity index (χ3v) is 2.69. The van der Waals surface area contributed by atoms with Gasteiger partial charge in [0.2, 0.25) is 5.75 Å². The highest BCUT2D eigenvalue weighted by Crippen LogP contribution is 2.33. The Kier molecular flexibility index (Phi) is 5.63. The van der Waals surface area contributed by atoms with Gasteiger partial charge >= 0.3 is 18.3 Å². The molecule has 0 heterocycles. The molecule has 20 heavy (non-hydrogen) atoms. The minimum Gasteiger partial charge on any atom is -0.469 e. The second-order valence-electron chi connectivity index (χ2n) is 3.61. The van der Waals surface area contributed by atoms with Crippen LogP contribution in [-0.2, 0) is 21.8 Å². The lowest BCUT2D eigenvalue weighted by Gasteiger charge is -2.10. The van der Waals surface area contributed by atoms with Crippen LogP contribution in [0.3, 0.4) is 0 Å². The van der Waals surface area contributed by atoms with E-state index in [2.05, 4.69) is 9.47 Å². The van der Waals surface area contributed by atoms with Crippen LogP contribution >= 0.6 is 11.6 Å². The first-order valence-corrected chi connectivity index (χ1v) is 5.80. The monoisotopic (exact) mass is 309 g/mol. The van der Waals surface area contributed by atoms with Gasteiger partial charge in [-0.3, -0.25) is 14.9 Å². The quantitative estimate of drug-likeness (QED) is 0.349. The van der Waals surface area contributed by atoms with E-state index in [-0.39, 0.29) is 23.4 Å². The lowest BCUT2D eigenvalue weighted by molar-refractivity contribution is -0.386. The van der Waals surface area contributed by atoms with E-state index in [1.807, 2.05) is 0 Å². The van der Waals surface area contributed by atoms with Gasteiger partial charge in [0.15, 0.2) is 0 Å². The molecule has 9 heteroatoms. The Hall–Kier alpha value is -1.96. The van der Waals surface area contributed by atoms with Crippen LogP contribution in [0.25, 0.3) is 0 Å². The summed E-state index contributed by atoms with van der Waals surface area (Å²) in [7, 11) is 1.16. The minimum absolute atomic E-state index is 0.121. The fourth-order valence-electron chi connectivity index (χ4n) is 1.50. The Morgan fingerprint density at radius 3 is 2.55 bits per heavy atom. The summed E-state index contributed by atoms with van der Waals surface area (Å²) in [5.41, 5.74) is -0.170. The Balaban J connectivity index is 3.28. The minimum atomic E-state index is -3.21. The average molecular weight is 310 g/mol. The summed E-state index contributed by atoms with van der Waals surface area (Å²) in [5.74, 6) is -1.35. The van der Waals surface area contributed by atoms with Gasteiger partial charge in [-0.25, -0.2) is 0 Å². The Bertz CT molecular complexity index is 524. The number of nitro benzene ring substituents is 1. The maximum atomic E-state index is 12.2. The van der Waals surface area contributed by atoms with Crippen LogP contribution in [-0.4, -0.2) is 24.6 Å². The SMILES string of the molecule is COC(=O)Cc1cc([N+](=O)[O-])c(OC(F)F)cc1CCl. The zero-order chi connectivity index (χ0) is 15.3. The van der Waals surface area contributed by atoms with E-state index in [0.29, 0.717) is 0 Å². The largest absolute Gasteiger partial charge is 0.469 e. The number of halogens is 3. The van der Waals surface area contributed by atoms with Gasteiger partial charge in [-0.1, -0.05) is 0 Å². The van der Waals surface area contributed by atoms with Crippen LogP contribution in [0.5, 0.6) is 5.75 Å². The molecule has 0 saturated carbocycles. The summed E-state index contributed by atoms with van der Waals surface area (Å²) < 4.78 is 33.0. The third kappa shape index (κ3) is 4.02. The molecule has 6 nitrogen and oxygen atoms in total. The molecule has 110 valence electrons. The van der Waals surface area contributed by atoms with E-state index in [1.54, 1.807) is 0 Å². The molecule has 0 bridgehead atoms. The maximum Gasteiger partial charge on any atom is 0.387 e. The van der Waals surface area contributed by atoms with Crippen molar-refractivity contribution < 1.29 is 28.0 Å². The molecule has 0 aromatic heterocycles. The number of hydrogen-bond donors (Lipinski definition) is 0. The van der Waals surface area contributed by atoms with Gasteiger partial charge in [0.05, 0.1) is 18.5 Å². The van der Waals surface area contributed by atoms with Crippen LogP contribution in [0.2, 0.25) is 0 Å². The van der Waals surface area contributed by atoms with E-state index < -0.39 is 28.9 Å². The van der Waals surface area contributed by atoms with Crippen LogP contribution in [0.4, 0.5) is 14.5 Å². The second kappa shape index (κ2) is 6.99. The smallest absolute Gasteiger partial charge is 0.387 e. The molecule has 0 amide bonds. The van der Waals surface area contributed by atoms with Crippen LogP contribution in [0.1, 0.15) is 11.1 Å². The van der Waals surface area contributed by atoms with Crippen molar-refractivity contribution >= 4 is 23.3 Å². The Labute approximate surface area is 117 Å². The number of carbonyl (C=O) groups excluding carboxylic acids is 1. The van der Waals surface area contributed by atoms with Crippen molar-refractivity contribution in [3.8, 4) is 5.75 Å². The first-order chi connectivity index (χ1) is 9.38. The number of nitro groups is 1. The summed E-state index contributed by atoms with van der Waals surface area (Å²) in [6.07, 6.45) is -0.256. The van der Waals surface area contributed by atoms with Gasteiger partial charge in [0.1, 0.15) is 0 Å². The lowest BCUT2D eigenvalue weighted by Crippen LogP contribution is -2.09. The molecule has 0 unspecified atom stereocenters. The maximum absolute atomic E-state index is 12.2. The standard InChI is InChI=1S/C11H10ClF2NO5/c1-19-10(16)4-6-2-8(15(17)18)9(20-11(13)14)3-7(6)5-12/h2-3,11H,4-5H2,1H3. The highest BCUT2D eigenvalue weighted by atomic mass is 35.5. The number of methoxy groups -OCH3 is 1. The molecule has 0 spiro atoms. The molecule has 1 aromatic carbocycles. The highest BCUT2D eigenvalue weighted by molar-refractivity contribution is 6.17. The molecule has 0 N–H and O–H groups in total. The number of nitrogens with zero attached hydrogens (tertiary/aromatic N) is 1. The fourth-order valence-corrected chi connectivity index (χ4v) is 1.75. The number of hydrogen-bond acceptors (Lipinski definition) is 5. The molecule has 0 radical (unpaired) electrons. The summed E-state index contributed by atoms with van der Waals surface area (Å²) >= 11 is 5.63. The third-order valence-electron chi connectivity index (χ3n) is 2.40. The lowest BCUT2D eigenvalue weighted by atomic mass is 10.0. The van der Waals surface area contributed by atoms with E-state index in [0.717, 1.165) is 19.2 Å². The van der Waals surface area contributed by atoms with Crippen LogP contribution < -0.4 is 4.74 Å². The van der Waals surface area contributed by atoms with Crippen molar-refractivity contribution in [3.63, 3.8) is 0 Å². The van der Waals surface area contributed by atoms with Crippen molar-refractivity contribution in [2.75, 3.05) is 7.11 Å². The van der Waals surface area contributed by atoms with Crippen LogP contribution in [0, 0.1) is 10.1 Å². The molecular weight excluding hydrogens is 300 g/mol. The van der Waals surface area contributed by atoms with Crippen molar-refractivity contribution in [2.24, 2.45) is 0 Å². The van der Waals surface area contributed by atoms with E-state index in [1.165, 1.54) is 0 Å². The zero-order valence-electron chi connectivity index (χ0n) is 10.3. The van der Waals surface area contributed by atoms with Gasteiger partial charge < -0.3 is 9.47 Å². The summed E-state index contributed by atoms with van der Waals surface area (Å²) in [6, 6.07) is 2.00. The zero-order valence-corrected chi connectivity index (χ0v) is 11.0. The average Bonchev–Trinajstić information content (AvgIpc) is 2.38. The summed E-state index contributed by atoms with van der Waals surface area (Å²) in [5, 5.41) is 10.8. The molecule has 0 fully saturated rings. The number of carbonyl (C=O) groups is 1. The molecule has 0 aliphatic carbocycles. The molecular formula is C11H10ClF2NO5. The van der Waals surface area contributed by atoms with Crippen LogP contribution in [0.15, 0.2) is 12.1 Å². The molecule has 1 aromatic rings. The van der Waals surface area contributed by atoms with E-state index in [9.17, 15) is 23.7 Å². The predicted octanol–water partition coefficient (Wildman–Crippen LogP) is 2.65. The number of esters is 1. The topological polar surface area (TPSA) is 78.7 Å². The Morgan fingerprint density at radius 1 is 1.45 bits per heavy atom. The van der Waals surface area contributed by atoms with Crippen molar-refractivity contribution in [2.45, 2.75) is 18.9 Å². The number of rotatable bonds is 6. The summed E-state index contributed by atoms with van der Waals surface area (Å²) in [4.78, 5) is 21.2. The van der Waals surface area contributed by atoms with E-state index >= 15 is 0 Å². The van der Waals surface area contributed by atoms with E-state index in [4.69, 9.17) is 11.6 Å². The van der Waals surface area contributed by atoms with Gasteiger partial charge in [-0.15, -0.1) is 11.6 Å². The first-order valence-electron chi connectivity index (χ1n) is 5.26. The molecule has 0 saturated heterocycles. The number of benzene rings is 1. The number of ether oxygens (including phenoxy) is 2. The van der Waals surface area contributed by atoms with Crippen molar-refractivity contribution in [1.29, 1.82) is 0 Å². The van der Waals surface area contributed by atoms with Gasteiger partial charge in [0, 0.05) is 11.9 Å². The fraction of sp³-hybridized carbons (Fsp3) is 0.364. The summed E-state index contributed by atoms with van der Waals surface area (Å²) in [6.45, 7) is -3.21. The molecule has 0 aliphatic heterocycles. The van der Waals surface area contributed by atoms with Crippen molar-refractivity contribution in [1.82, 2.24) is 0 Å². The first kappa shape index (κ1) is 16.1.